The van der Waals surface area contributed by atoms with Crippen molar-refractivity contribution in [3.63, 3.8) is 0 Å². The maximum atomic E-state index is 13.0. The summed E-state index contributed by atoms with van der Waals surface area (Å²) in [5.74, 6) is 5.32. The van der Waals surface area contributed by atoms with E-state index in [1.54, 1.807) is 0 Å². The molecule has 0 fully saturated rings. The van der Waals surface area contributed by atoms with Gasteiger partial charge in [-0.15, -0.1) is 0 Å². The molecule has 0 heterocycles. The van der Waals surface area contributed by atoms with Gasteiger partial charge in [-0.25, -0.2) is 8.78 Å². The molecule has 0 aliphatic rings. The fourth-order valence-electron chi connectivity index (χ4n) is 2.82. The molecule has 2 atom stereocenters. The number of benzene rings is 2. The lowest BCUT2D eigenvalue weighted by Crippen LogP contribution is -2.58. The monoisotopic (exact) mass is 401 g/mol. The van der Waals surface area contributed by atoms with Gasteiger partial charge in [-0.1, -0.05) is 42.2 Å². The number of carbonyl (C=O) groups excluding carboxylic acids is 1. The van der Waals surface area contributed by atoms with Gasteiger partial charge in [0.1, 0.15) is 18.2 Å². The zero-order chi connectivity index (χ0) is 21.3. The summed E-state index contributed by atoms with van der Waals surface area (Å²) in [7, 11) is 0. The van der Waals surface area contributed by atoms with E-state index in [0.29, 0.717) is 12.8 Å². The summed E-state index contributed by atoms with van der Waals surface area (Å²) in [5, 5.41) is 21.5. The second-order valence-electron chi connectivity index (χ2n) is 6.95. The average Bonchev–Trinajstić information content (AvgIpc) is 2.73. The number of alkyl halides is 2. The third-order valence-corrected chi connectivity index (χ3v) is 4.57. The van der Waals surface area contributed by atoms with Crippen molar-refractivity contribution in [3.8, 4) is 11.8 Å². The van der Waals surface area contributed by atoms with E-state index in [1.165, 1.54) is 0 Å². The fourth-order valence-corrected chi connectivity index (χ4v) is 2.82. The number of rotatable bonds is 9. The van der Waals surface area contributed by atoms with Gasteiger partial charge in [0.15, 0.2) is 5.78 Å². The van der Waals surface area contributed by atoms with Gasteiger partial charge in [0, 0.05) is 11.1 Å². The third kappa shape index (κ3) is 6.75. The lowest BCUT2D eigenvalue weighted by Gasteiger charge is -2.31. The van der Waals surface area contributed by atoms with E-state index in [2.05, 4.69) is 17.2 Å². The van der Waals surface area contributed by atoms with E-state index in [1.807, 2.05) is 54.6 Å². The number of aliphatic hydroxyl groups excluding tert-OH is 1. The molecule has 154 valence electrons. The maximum Gasteiger partial charge on any atom is 0.268 e. The molecule has 0 unspecified atom stereocenters. The molecule has 3 N–H and O–H groups in total. The summed E-state index contributed by atoms with van der Waals surface area (Å²) >= 11 is 0. The van der Waals surface area contributed by atoms with Crippen LogP contribution in [0.3, 0.4) is 0 Å². The highest BCUT2D eigenvalue weighted by atomic mass is 19.3. The van der Waals surface area contributed by atoms with E-state index >= 15 is 0 Å². The summed E-state index contributed by atoms with van der Waals surface area (Å²) < 4.78 is 26.0. The van der Waals surface area contributed by atoms with Crippen molar-refractivity contribution in [1.29, 1.82) is 0 Å². The molecule has 2 aromatic rings. The Kier molecular flexibility index (Phi) is 8.47. The maximum absolute atomic E-state index is 13.0. The highest BCUT2D eigenvalue weighted by molar-refractivity contribution is 5.86. The molecule has 4 nitrogen and oxygen atoms in total. The van der Waals surface area contributed by atoms with Crippen LogP contribution in [-0.2, 0) is 11.2 Å². The number of hydrogen-bond donors (Lipinski definition) is 3. The Morgan fingerprint density at radius 1 is 1.07 bits per heavy atom. The number of carbonyl (C=O) groups is 1. The van der Waals surface area contributed by atoms with Crippen LogP contribution in [0, 0.1) is 11.8 Å². The van der Waals surface area contributed by atoms with Gasteiger partial charge >= 0.3 is 0 Å². The molecule has 0 spiro atoms. The summed E-state index contributed by atoms with van der Waals surface area (Å²) in [6.45, 7) is 0.221. The van der Waals surface area contributed by atoms with Crippen LogP contribution in [-0.4, -0.2) is 47.2 Å². The van der Waals surface area contributed by atoms with E-state index in [-0.39, 0.29) is 6.54 Å². The summed E-state index contributed by atoms with van der Waals surface area (Å²) in [5.41, 5.74) is 0.327. The van der Waals surface area contributed by atoms with Crippen molar-refractivity contribution in [2.45, 2.75) is 37.8 Å². The largest absolute Gasteiger partial charge is 0.389 e. The lowest BCUT2D eigenvalue weighted by molar-refractivity contribution is -0.143. The lowest BCUT2D eigenvalue weighted by atomic mass is 9.93. The number of aliphatic hydroxyl groups is 2. The topological polar surface area (TPSA) is 69.6 Å². The van der Waals surface area contributed by atoms with Crippen molar-refractivity contribution in [2.24, 2.45) is 0 Å². The van der Waals surface area contributed by atoms with E-state index in [4.69, 9.17) is 5.11 Å². The second kappa shape index (κ2) is 10.8. The van der Waals surface area contributed by atoms with E-state index < -0.39 is 30.5 Å². The van der Waals surface area contributed by atoms with Gasteiger partial charge in [0.2, 0.25) is 0 Å². The predicted molar refractivity (Wildman–Crippen MR) is 108 cm³/mol. The molecule has 0 bridgehead atoms. The van der Waals surface area contributed by atoms with Crippen LogP contribution in [0.5, 0.6) is 0 Å². The number of ketones is 1. The smallest absolute Gasteiger partial charge is 0.268 e. The van der Waals surface area contributed by atoms with Crippen LogP contribution in [0.1, 0.15) is 30.0 Å². The Hall–Kier alpha value is -2.59. The first-order valence-electron chi connectivity index (χ1n) is 9.38. The molecule has 0 aliphatic carbocycles. The first-order chi connectivity index (χ1) is 13.8. The van der Waals surface area contributed by atoms with Gasteiger partial charge in [0.05, 0.1) is 0 Å². The first kappa shape index (κ1) is 22.7. The Bertz CT molecular complexity index is 840. The molecule has 0 saturated carbocycles. The van der Waals surface area contributed by atoms with Crippen molar-refractivity contribution in [1.82, 2.24) is 5.32 Å². The molecule has 29 heavy (non-hydrogen) atoms. The minimum atomic E-state index is -3.11. The summed E-state index contributed by atoms with van der Waals surface area (Å²) in [6.07, 6.45) is -1.88. The molecular weight excluding hydrogens is 376 g/mol. The second-order valence-corrected chi connectivity index (χ2v) is 6.95. The SMILES string of the molecule is C[C@@](O)(C(F)F)[C@H](NCCCc1ccc(C#Cc2ccccc2)cc1)C(=O)CO. The predicted octanol–water partition coefficient (Wildman–Crippen LogP) is 2.55. The van der Waals surface area contributed by atoms with Gasteiger partial charge < -0.3 is 15.5 Å². The van der Waals surface area contributed by atoms with Gasteiger partial charge in [-0.3, -0.25) is 4.79 Å². The van der Waals surface area contributed by atoms with Crippen molar-refractivity contribution in [3.05, 3.63) is 71.3 Å². The summed E-state index contributed by atoms with van der Waals surface area (Å²) in [6, 6.07) is 15.9. The Balaban J connectivity index is 1.87. The number of halogens is 2. The third-order valence-electron chi connectivity index (χ3n) is 4.57. The highest BCUT2D eigenvalue weighted by Gasteiger charge is 2.44. The molecule has 2 rings (SSSR count). The molecule has 0 aliphatic heterocycles. The standard InChI is InChI=1S/C23H25F2NO3/c1-23(29,22(24)25)21(20(28)16-27)26-15-5-8-18-10-13-19(14-11-18)12-9-17-6-3-2-4-7-17/h2-4,6-7,10-11,13-14,21-22,26-27,29H,5,8,15-16H2,1H3/t21-,23+/m1/s1. The first-order valence-corrected chi connectivity index (χ1v) is 9.38. The normalized spacial score (nSPS) is 14.0. The van der Waals surface area contributed by atoms with Crippen LogP contribution in [0.2, 0.25) is 0 Å². The Labute approximate surface area is 169 Å². The Morgan fingerprint density at radius 2 is 1.66 bits per heavy atom. The van der Waals surface area contributed by atoms with Crippen molar-refractivity contribution < 1.29 is 23.8 Å². The minimum Gasteiger partial charge on any atom is -0.389 e. The van der Waals surface area contributed by atoms with Crippen LogP contribution >= 0.6 is 0 Å². The fraction of sp³-hybridized carbons (Fsp3) is 0.348. The van der Waals surface area contributed by atoms with Gasteiger partial charge in [-0.05, 0) is 56.1 Å². The van der Waals surface area contributed by atoms with Gasteiger partial charge in [-0.2, -0.15) is 0 Å². The highest BCUT2D eigenvalue weighted by Crippen LogP contribution is 2.20. The zero-order valence-corrected chi connectivity index (χ0v) is 16.2. The van der Waals surface area contributed by atoms with Crippen LogP contribution < -0.4 is 5.32 Å². The van der Waals surface area contributed by atoms with Crippen LogP contribution in [0.4, 0.5) is 8.78 Å². The van der Waals surface area contributed by atoms with E-state index in [0.717, 1.165) is 23.6 Å². The molecule has 2 aromatic carbocycles. The van der Waals surface area contributed by atoms with Crippen molar-refractivity contribution in [2.75, 3.05) is 13.2 Å². The number of hydrogen-bond acceptors (Lipinski definition) is 4. The molecular formula is C23H25F2NO3. The zero-order valence-electron chi connectivity index (χ0n) is 16.2. The number of nitrogens with one attached hydrogen (secondary N) is 1. The average molecular weight is 401 g/mol. The number of aryl methyl sites for hydroxylation is 1. The van der Waals surface area contributed by atoms with Crippen LogP contribution in [0.25, 0.3) is 0 Å². The Morgan fingerprint density at radius 3 is 2.21 bits per heavy atom. The molecule has 0 aromatic heterocycles. The minimum absolute atomic E-state index is 0.245. The quantitative estimate of drug-likeness (QED) is 0.446. The van der Waals surface area contributed by atoms with Crippen molar-refractivity contribution >= 4 is 5.78 Å². The van der Waals surface area contributed by atoms with Gasteiger partial charge in [0.25, 0.3) is 6.43 Å². The van der Waals surface area contributed by atoms with Crippen LogP contribution in [0.15, 0.2) is 54.6 Å². The molecule has 0 radical (unpaired) electrons. The summed E-state index contributed by atoms with van der Waals surface area (Å²) in [4.78, 5) is 11.7. The molecule has 6 heteroatoms. The molecule has 0 saturated heterocycles. The molecule has 0 amide bonds. The number of Topliss-reactive ketones (excluding diaryl/α,β-unsaturated/α-hetero) is 1. The van der Waals surface area contributed by atoms with E-state index in [9.17, 15) is 18.7 Å².